The average molecular weight is 376 g/mol. The molecule has 0 spiro atoms. The maximum atomic E-state index is 11.5. The van der Waals surface area contributed by atoms with Gasteiger partial charge in [0.1, 0.15) is 0 Å². The number of ether oxygens (including phenoxy) is 1. The van der Waals surface area contributed by atoms with E-state index in [0.717, 1.165) is 57.2 Å². The zero-order chi connectivity index (χ0) is 18.8. The van der Waals surface area contributed by atoms with Crippen molar-refractivity contribution in [2.24, 2.45) is 0 Å². The summed E-state index contributed by atoms with van der Waals surface area (Å²) in [5.41, 5.74) is 2.43. The van der Waals surface area contributed by atoms with Crippen LogP contribution < -0.4 is 0 Å². The van der Waals surface area contributed by atoms with E-state index in [-0.39, 0.29) is 0 Å². The first kappa shape index (κ1) is 18.8. The van der Waals surface area contributed by atoms with Crippen LogP contribution in [-0.4, -0.2) is 77.8 Å². The first-order valence-corrected chi connectivity index (χ1v) is 10.6. The summed E-state index contributed by atoms with van der Waals surface area (Å²) in [6, 6.07) is 1.12. The van der Waals surface area contributed by atoms with Crippen molar-refractivity contribution >= 4 is 6.09 Å². The molecule has 1 atom stereocenters. The third-order valence-corrected chi connectivity index (χ3v) is 6.96. The van der Waals surface area contributed by atoms with E-state index in [1.807, 2.05) is 6.20 Å². The quantitative estimate of drug-likeness (QED) is 0.820. The SMILES string of the molecule is COC1=C2CCN(C(=O)O)C=C2C(N2CCN(C3CCCCC3)CC2)CC1. The smallest absolute Gasteiger partial charge is 0.411 e. The topological polar surface area (TPSA) is 56.2 Å². The fraction of sp³-hybridized carbons (Fsp3) is 0.762. The lowest BCUT2D eigenvalue weighted by Gasteiger charge is -2.46. The molecule has 0 aromatic heterocycles. The number of methoxy groups -OCH3 is 1. The first-order chi connectivity index (χ1) is 13.2. The second kappa shape index (κ2) is 8.23. The molecule has 0 aromatic carbocycles. The van der Waals surface area contributed by atoms with Gasteiger partial charge in [-0.2, -0.15) is 0 Å². The van der Waals surface area contributed by atoms with Gasteiger partial charge >= 0.3 is 6.09 Å². The molecule has 150 valence electrons. The molecule has 6 heteroatoms. The lowest BCUT2D eigenvalue weighted by Crippen LogP contribution is -2.54. The van der Waals surface area contributed by atoms with Crippen LogP contribution in [0.25, 0.3) is 0 Å². The summed E-state index contributed by atoms with van der Waals surface area (Å²) in [4.78, 5) is 18.2. The van der Waals surface area contributed by atoms with E-state index in [1.54, 1.807) is 7.11 Å². The van der Waals surface area contributed by atoms with Crippen molar-refractivity contribution in [1.29, 1.82) is 0 Å². The second-order valence-corrected chi connectivity index (χ2v) is 8.33. The van der Waals surface area contributed by atoms with E-state index in [4.69, 9.17) is 4.74 Å². The first-order valence-electron chi connectivity index (χ1n) is 10.6. The number of carboxylic acid groups (broad SMARTS) is 1. The molecule has 2 aliphatic carbocycles. The van der Waals surface area contributed by atoms with Crippen molar-refractivity contribution < 1.29 is 14.6 Å². The molecule has 4 rings (SSSR count). The van der Waals surface area contributed by atoms with Gasteiger partial charge in [-0.1, -0.05) is 19.3 Å². The molecular formula is C21H33N3O3. The molecule has 1 N–H and O–H groups in total. The second-order valence-electron chi connectivity index (χ2n) is 8.33. The van der Waals surface area contributed by atoms with Crippen LogP contribution in [0.2, 0.25) is 0 Å². The zero-order valence-electron chi connectivity index (χ0n) is 16.5. The van der Waals surface area contributed by atoms with Crippen molar-refractivity contribution in [3.63, 3.8) is 0 Å². The summed E-state index contributed by atoms with van der Waals surface area (Å²) in [6.07, 6.45) is 10.7. The van der Waals surface area contributed by atoms with Gasteiger partial charge in [-0.05, 0) is 36.8 Å². The molecule has 6 nitrogen and oxygen atoms in total. The van der Waals surface area contributed by atoms with Crippen molar-refractivity contribution in [3.05, 3.63) is 23.1 Å². The van der Waals surface area contributed by atoms with Crippen LogP contribution in [0.15, 0.2) is 23.1 Å². The number of rotatable bonds is 3. The molecule has 2 fully saturated rings. The number of amides is 1. The minimum atomic E-state index is -0.855. The maximum Gasteiger partial charge on any atom is 0.411 e. The van der Waals surface area contributed by atoms with E-state index >= 15 is 0 Å². The lowest BCUT2D eigenvalue weighted by molar-refractivity contribution is 0.0590. The Balaban J connectivity index is 1.47. The molecule has 0 aromatic rings. The normalized spacial score (nSPS) is 28.7. The highest BCUT2D eigenvalue weighted by atomic mass is 16.5. The number of carbonyl (C=O) groups is 1. The van der Waals surface area contributed by atoms with Gasteiger partial charge in [0.05, 0.1) is 12.9 Å². The van der Waals surface area contributed by atoms with Crippen LogP contribution in [0.4, 0.5) is 4.79 Å². The Morgan fingerprint density at radius 2 is 1.70 bits per heavy atom. The van der Waals surface area contributed by atoms with Gasteiger partial charge < -0.3 is 9.84 Å². The fourth-order valence-corrected chi connectivity index (χ4v) is 5.46. The largest absolute Gasteiger partial charge is 0.501 e. The van der Waals surface area contributed by atoms with E-state index in [9.17, 15) is 9.90 Å². The van der Waals surface area contributed by atoms with Gasteiger partial charge in [-0.15, -0.1) is 0 Å². The minimum absolute atomic E-state index is 0.328. The van der Waals surface area contributed by atoms with Crippen molar-refractivity contribution in [2.45, 2.75) is 63.5 Å². The van der Waals surface area contributed by atoms with Crippen LogP contribution in [0.3, 0.4) is 0 Å². The highest BCUT2D eigenvalue weighted by Crippen LogP contribution is 2.38. The molecule has 0 bridgehead atoms. The highest BCUT2D eigenvalue weighted by molar-refractivity contribution is 5.67. The Morgan fingerprint density at radius 3 is 2.37 bits per heavy atom. The maximum absolute atomic E-state index is 11.5. The Labute approximate surface area is 162 Å². The third kappa shape index (κ3) is 3.87. The predicted molar refractivity (Wildman–Crippen MR) is 105 cm³/mol. The van der Waals surface area contributed by atoms with E-state index < -0.39 is 6.09 Å². The fourth-order valence-electron chi connectivity index (χ4n) is 5.46. The Bertz CT molecular complexity index is 616. The average Bonchev–Trinajstić information content (AvgIpc) is 2.73. The van der Waals surface area contributed by atoms with Gasteiger partial charge in [0.2, 0.25) is 0 Å². The number of hydrogen-bond acceptors (Lipinski definition) is 4. The number of hydrogen-bond donors (Lipinski definition) is 1. The molecule has 4 aliphatic rings. The number of fused-ring (bicyclic) bond motifs is 1. The Kier molecular flexibility index (Phi) is 5.74. The van der Waals surface area contributed by atoms with Crippen LogP contribution >= 0.6 is 0 Å². The van der Waals surface area contributed by atoms with Crippen LogP contribution in [0.5, 0.6) is 0 Å². The van der Waals surface area contributed by atoms with E-state index in [0.29, 0.717) is 12.6 Å². The summed E-state index contributed by atoms with van der Waals surface area (Å²) in [5, 5.41) is 9.44. The monoisotopic (exact) mass is 375 g/mol. The third-order valence-electron chi connectivity index (χ3n) is 6.96. The van der Waals surface area contributed by atoms with Crippen molar-refractivity contribution in [2.75, 3.05) is 39.8 Å². The van der Waals surface area contributed by atoms with Crippen LogP contribution in [-0.2, 0) is 4.74 Å². The van der Waals surface area contributed by atoms with E-state index in [1.165, 1.54) is 48.2 Å². The molecule has 1 unspecified atom stereocenters. The summed E-state index contributed by atoms with van der Waals surface area (Å²) in [5.74, 6) is 1.06. The van der Waals surface area contributed by atoms with Gasteiger partial charge in [0, 0.05) is 57.4 Å². The number of allylic oxidation sites excluding steroid dienone is 1. The number of piperazine rings is 1. The predicted octanol–water partition coefficient (Wildman–Crippen LogP) is 3.27. The zero-order valence-corrected chi connectivity index (χ0v) is 16.5. The number of nitrogens with zero attached hydrogens (tertiary/aromatic N) is 3. The lowest BCUT2D eigenvalue weighted by atomic mass is 9.83. The summed E-state index contributed by atoms with van der Waals surface area (Å²) in [7, 11) is 1.74. The summed E-state index contributed by atoms with van der Waals surface area (Å²) < 4.78 is 5.63. The standard InChI is InChI=1S/C21H33N3O3/c1-27-20-8-7-19(18-15-24(21(25)26)10-9-17(18)20)23-13-11-22(12-14-23)16-5-3-2-4-6-16/h15-16,19H,2-14H2,1H3,(H,25,26). The Morgan fingerprint density at radius 1 is 1.00 bits per heavy atom. The Hall–Kier alpha value is -1.53. The minimum Gasteiger partial charge on any atom is -0.501 e. The van der Waals surface area contributed by atoms with Gasteiger partial charge in [-0.25, -0.2) is 4.79 Å². The van der Waals surface area contributed by atoms with Crippen LogP contribution in [0, 0.1) is 0 Å². The summed E-state index contributed by atoms with van der Waals surface area (Å²) >= 11 is 0. The molecule has 1 saturated carbocycles. The van der Waals surface area contributed by atoms with Crippen molar-refractivity contribution in [3.8, 4) is 0 Å². The van der Waals surface area contributed by atoms with Gasteiger partial charge in [-0.3, -0.25) is 14.7 Å². The van der Waals surface area contributed by atoms with Crippen molar-refractivity contribution in [1.82, 2.24) is 14.7 Å². The molecular weight excluding hydrogens is 342 g/mol. The molecule has 2 aliphatic heterocycles. The molecule has 27 heavy (non-hydrogen) atoms. The molecule has 2 heterocycles. The van der Waals surface area contributed by atoms with Crippen LogP contribution in [0.1, 0.15) is 51.4 Å². The van der Waals surface area contributed by atoms with E-state index in [2.05, 4.69) is 9.80 Å². The van der Waals surface area contributed by atoms with Gasteiger partial charge in [0.15, 0.2) is 0 Å². The van der Waals surface area contributed by atoms with Gasteiger partial charge in [0.25, 0.3) is 0 Å². The molecule has 1 amide bonds. The molecule has 1 saturated heterocycles. The highest BCUT2D eigenvalue weighted by Gasteiger charge is 2.36. The molecule has 0 radical (unpaired) electrons. The summed E-state index contributed by atoms with van der Waals surface area (Å²) in [6.45, 7) is 4.99.